The molecule has 0 aromatic heterocycles. The lowest BCUT2D eigenvalue weighted by Crippen LogP contribution is -2.55. The van der Waals surface area contributed by atoms with Crippen LogP contribution in [0.5, 0.6) is 0 Å². The molecule has 0 saturated carbocycles. The van der Waals surface area contributed by atoms with Crippen LogP contribution in [0.1, 0.15) is 0 Å². The minimum atomic E-state index is -2.37. The van der Waals surface area contributed by atoms with E-state index in [9.17, 15) is 40.5 Å². The Hall–Kier alpha value is -0.770. The fraction of sp³-hybridized carbons (Fsp3) is 0.917. The van der Waals surface area contributed by atoms with Crippen LogP contribution in [0.3, 0.4) is 0 Å². The maximum Gasteiger partial charge on any atom is 0.184 e. The SMILES string of the molecule is O=C[C@H](O)[C@@H](O)C(O[C@@H](O)[C@H](O)[C@@H](O)[C@@H](O)[C@H](O)CO)[C@H](O)CO. The van der Waals surface area contributed by atoms with Crippen molar-refractivity contribution in [3.05, 3.63) is 0 Å². The molecular weight excluding hydrogens is 336 g/mol. The lowest BCUT2D eigenvalue weighted by atomic mass is 10.0. The maximum atomic E-state index is 10.4. The van der Waals surface area contributed by atoms with Gasteiger partial charge in [-0.3, -0.25) is 0 Å². The number of hydrogen-bond donors (Lipinski definition) is 10. The number of carbonyl (C=O) groups is 1. The van der Waals surface area contributed by atoms with E-state index in [4.69, 9.17) is 15.3 Å². The maximum absolute atomic E-state index is 10.4. The number of ether oxygens (including phenoxy) is 1. The smallest absolute Gasteiger partial charge is 0.184 e. The van der Waals surface area contributed by atoms with Crippen LogP contribution in [0.25, 0.3) is 0 Å². The summed E-state index contributed by atoms with van der Waals surface area (Å²) < 4.78 is 4.65. The zero-order chi connectivity index (χ0) is 19.0. The predicted octanol–water partition coefficient (Wildman–Crippen LogP) is -6.60. The largest absolute Gasteiger partial charge is 0.394 e. The van der Waals surface area contributed by atoms with Crippen molar-refractivity contribution in [1.29, 1.82) is 0 Å². The van der Waals surface area contributed by atoms with Crippen molar-refractivity contribution >= 4 is 6.29 Å². The molecule has 0 bridgehead atoms. The Morgan fingerprint density at radius 1 is 0.708 bits per heavy atom. The van der Waals surface area contributed by atoms with Crippen LogP contribution < -0.4 is 0 Å². The summed E-state index contributed by atoms with van der Waals surface area (Å²) in [6, 6.07) is 0. The zero-order valence-electron chi connectivity index (χ0n) is 12.5. The Balaban J connectivity index is 5.03. The van der Waals surface area contributed by atoms with Gasteiger partial charge in [0.05, 0.1) is 13.2 Å². The zero-order valence-corrected chi connectivity index (χ0v) is 12.5. The molecule has 0 aliphatic rings. The number of aliphatic hydroxyl groups is 10. The number of hydrogen-bond acceptors (Lipinski definition) is 12. The Kier molecular flexibility index (Phi) is 10.6. The van der Waals surface area contributed by atoms with Crippen molar-refractivity contribution in [3.63, 3.8) is 0 Å². The van der Waals surface area contributed by atoms with Gasteiger partial charge in [-0.2, -0.15) is 0 Å². The third-order valence-electron chi connectivity index (χ3n) is 3.26. The summed E-state index contributed by atoms with van der Waals surface area (Å²) in [4.78, 5) is 10.4. The topological polar surface area (TPSA) is 229 Å². The van der Waals surface area contributed by atoms with Gasteiger partial charge in [0, 0.05) is 0 Å². The number of carbonyl (C=O) groups excluding carboxylic acids is 1. The molecule has 9 atom stereocenters. The molecule has 0 aromatic carbocycles. The number of aldehydes is 1. The van der Waals surface area contributed by atoms with Gasteiger partial charge in [0.1, 0.15) is 48.8 Å². The third-order valence-corrected chi connectivity index (χ3v) is 3.26. The van der Waals surface area contributed by atoms with E-state index in [1.165, 1.54) is 0 Å². The molecule has 24 heavy (non-hydrogen) atoms. The molecule has 1 unspecified atom stereocenters. The van der Waals surface area contributed by atoms with E-state index in [2.05, 4.69) is 4.74 Å². The Morgan fingerprint density at radius 2 is 1.21 bits per heavy atom. The lowest BCUT2D eigenvalue weighted by molar-refractivity contribution is -0.259. The minimum absolute atomic E-state index is 0.107. The molecule has 0 amide bonds. The van der Waals surface area contributed by atoms with E-state index in [1.54, 1.807) is 0 Å². The summed E-state index contributed by atoms with van der Waals surface area (Å²) in [6.45, 7) is -1.97. The highest BCUT2D eigenvalue weighted by atomic mass is 16.6. The Labute approximate surface area is 136 Å². The first kappa shape index (κ1) is 23.2. The van der Waals surface area contributed by atoms with Gasteiger partial charge in [-0.25, -0.2) is 0 Å². The quantitative estimate of drug-likeness (QED) is 0.116. The van der Waals surface area contributed by atoms with Crippen LogP contribution in [-0.2, 0) is 9.53 Å². The van der Waals surface area contributed by atoms with Crippen molar-refractivity contribution in [2.75, 3.05) is 13.2 Å². The van der Waals surface area contributed by atoms with Gasteiger partial charge in [-0.05, 0) is 0 Å². The van der Waals surface area contributed by atoms with Gasteiger partial charge in [0.2, 0.25) is 0 Å². The Morgan fingerprint density at radius 3 is 1.62 bits per heavy atom. The van der Waals surface area contributed by atoms with Crippen molar-refractivity contribution in [2.24, 2.45) is 0 Å². The second-order valence-electron chi connectivity index (χ2n) is 5.08. The molecule has 0 aliphatic heterocycles. The number of rotatable bonds is 12. The van der Waals surface area contributed by atoms with E-state index >= 15 is 0 Å². The van der Waals surface area contributed by atoms with Crippen molar-refractivity contribution in [2.45, 2.75) is 55.1 Å². The Bertz CT molecular complexity index is 355. The minimum Gasteiger partial charge on any atom is -0.394 e. The summed E-state index contributed by atoms with van der Waals surface area (Å²) in [7, 11) is 0. The third kappa shape index (κ3) is 6.27. The fourth-order valence-electron chi connectivity index (χ4n) is 1.73. The molecule has 0 saturated heterocycles. The highest BCUT2D eigenvalue weighted by Gasteiger charge is 2.39. The summed E-state index contributed by atoms with van der Waals surface area (Å²) in [5.41, 5.74) is 0. The van der Waals surface area contributed by atoms with Crippen molar-refractivity contribution in [3.8, 4) is 0 Å². The van der Waals surface area contributed by atoms with E-state index in [1.807, 2.05) is 0 Å². The van der Waals surface area contributed by atoms with E-state index in [0.29, 0.717) is 0 Å². The average Bonchev–Trinajstić information content (AvgIpc) is 2.60. The summed E-state index contributed by atoms with van der Waals surface area (Å²) in [5, 5.41) is 93.3. The highest BCUT2D eigenvalue weighted by Crippen LogP contribution is 2.15. The molecular formula is C12H24O12. The second kappa shape index (κ2) is 11.0. The second-order valence-corrected chi connectivity index (χ2v) is 5.08. The predicted molar refractivity (Wildman–Crippen MR) is 73.2 cm³/mol. The molecule has 10 N–H and O–H groups in total. The van der Waals surface area contributed by atoms with Crippen LogP contribution in [-0.4, -0.2) is 126 Å². The molecule has 0 radical (unpaired) electrons. The van der Waals surface area contributed by atoms with Crippen LogP contribution in [0.15, 0.2) is 0 Å². The van der Waals surface area contributed by atoms with Crippen molar-refractivity contribution < 1.29 is 60.6 Å². The van der Waals surface area contributed by atoms with E-state index in [-0.39, 0.29) is 6.29 Å². The van der Waals surface area contributed by atoms with Gasteiger partial charge in [0.25, 0.3) is 0 Å². The molecule has 0 fully saturated rings. The summed E-state index contributed by atoms with van der Waals surface area (Å²) in [5.74, 6) is 0. The first-order valence-electron chi connectivity index (χ1n) is 6.89. The lowest BCUT2D eigenvalue weighted by Gasteiger charge is -2.33. The molecule has 12 nitrogen and oxygen atoms in total. The van der Waals surface area contributed by atoms with Gasteiger partial charge >= 0.3 is 0 Å². The fourth-order valence-corrected chi connectivity index (χ4v) is 1.73. The molecule has 12 heteroatoms. The molecule has 0 rings (SSSR count). The summed E-state index contributed by atoms with van der Waals surface area (Å²) in [6.07, 6.45) is -18.9. The van der Waals surface area contributed by atoms with E-state index < -0.39 is 68.3 Å². The highest BCUT2D eigenvalue weighted by molar-refractivity contribution is 5.56. The molecule has 0 heterocycles. The van der Waals surface area contributed by atoms with Gasteiger partial charge in [-0.15, -0.1) is 0 Å². The first-order chi connectivity index (χ1) is 11.1. The first-order valence-corrected chi connectivity index (χ1v) is 6.89. The van der Waals surface area contributed by atoms with Crippen LogP contribution in [0.2, 0.25) is 0 Å². The number of aliphatic hydroxyl groups excluding tert-OH is 10. The van der Waals surface area contributed by atoms with Crippen LogP contribution in [0.4, 0.5) is 0 Å². The van der Waals surface area contributed by atoms with Crippen LogP contribution >= 0.6 is 0 Å². The molecule has 144 valence electrons. The van der Waals surface area contributed by atoms with Gasteiger partial charge in [0.15, 0.2) is 12.6 Å². The van der Waals surface area contributed by atoms with Crippen LogP contribution in [0, 0.1) is 0 Å². The normalized spacial score (nSPS) is 23.4. The molecule has 0 spiro atoms. The standard InChI is InChI=1S/C12H24O12/c13-1-4(16)7(19)9(21)10(22)12(23)24-11(6(18)3-15)8(20)5(17)2-14/h2,4-13,15-23H,1,3H2/t4-,5+,6-,7+,8-,9+,10-,11?,12-/m1/s1. The van der Waals surface area contributed by atoms with Gasteiger partial charge in [-0.1, -0.05) is 0 Å². The van der Waals surface area contributed by atoms with E-state index in [0.717, 1.165) is 0 Å². The van der Waals surface area contributed by atoms with Crippen molar-refractivity contribution in [1.82, 2.24) is 0 Å². The molecule has 0 aromatic rings. The molecule has 0 aliphatic carbocycles. The van der Waals surface area contributed by atoms with Gasteiger partial charge < -0.3 is 60.6 Å². The average molecular weight is 360 g/mol. The summed E-state index contributed by atoms with van der Waals surface area (Å²) >= 11 is 0. The monoisotopic (exact) mass is 360 g/mol.